The third-order valence-corrected chi connectivity index (χ3v) is 2.64. The molecule has 18 heavy (non-hydrogen) atoms. The van der Waals surface area contributed by atoms with Crippen molar-refractivity contribution in [2.75, 3.05) is 10.6 Å². The number of para-hydroxylation sites is 1. The van der Waals surface area contributed by atoms with Crippen LogP contribution in [0.2, 0.25) is 0 Å². The van der Waals surface area contributed by atoms with Crippen LogP contribution in [0.25, 0.3) is 0 Å². The third kappa shape index (κ3) is 2.68. The molecule has 0 aliphatic heterocycles. The maximum atomic E-state index is 11.8. The average Bonchev–Trinajstić information content (AvgIpc) is 2.61. The van der Waals surface area contributed by atoms with Crippen molar-refractivity contribution in [1.82, 2.24) is 9.78 Å². The van der Waals surface area contributed by atoms with Gasteiger partial charge in [-0.15, -0.1) is 0 Å². The molecule has 2 N–H and O–H groups in total. The Labute approximate surface area is 106 Å². The van der Waals surface area contributed by atoms with Crippen LogP contribution in [-0.4, -0.2) is 15.8 Å². The number of carbonyl (C=O) groups excluding carboxylic acids is 1. The fourth-order valence-corrected chi connectivity index (χ4v) is 1.71. The largest absolute Gasteiger partial charge is 0.324 e. The predicted molar refractivity (Wildman–Crippen MR) is 71.8 cm³/mol. The van der Waals surface area contributed by atoms with E-state index in [0.717, 1.165) is 16.9 Å². The predicted octanol–water partition coefficient (Wildman–Crippen LogP) is 2.68. The topological polar surface area (TPSA) is 59.0 Å². The van der Waals surface area contributed by atoms with Crippen molar-refractivity contribution >= 4 is 17.5 Å². The minimum Gasteiger partial charge on any atom is -0.307 e. The molecule has 0 radical (unpaired) electrons. The number of aryl methyl sites for hydroxylation is 3. The zero-order chi connectivity index (χ0) is 13.1. The van der Waals surface area contributed by atoms with Gasteiger partial charge in [-0.3, -0.25) is 10.00 Å². The Kier molecular flexibility index (Phi) is 3.32. The molecule has 0 aliphatic carbocycles. The SMILES string of the molecule is Cc1cc(NC(=O)Nc2ccccc2C)n(C)n1. The van der Waals surface area contributed by atoms with Crippen molar-refractivity contribution in [2.24, 2.45) is 7.05 Å². The Morgan fingerprint density at radius 2 is 1.94 bits per heavy atom. The fraction of sp³-hybridized carbons (Fsp3) is 0.231. The normalized spacial score (nSPS) is 10.2. The molecule has 0 aliphatic rings. The Hall–Kier alpha value is -2.30. The Bertz CT molecular complexity index is 574. The molecule has 1 aromatic carbocycles. The van der Waals surface area contributed by atoms with E-state index in [-0.39, 0.29) is 6.03 Å². The Morgan fingerprint density at radius 1 is 1.22 bits per heavy atom. The lowest BCUT2D eigenvalue weighted by atomic mass is 10.2. The molecular formula is C13H16N4O. The van der Waals surface area contributed by atoms with Gasteiger partial charge in [0.15, 0.2) is 0 Å². The molecule has 94 valence electrons. The Morgan fingerprint density at radius 3 is 2.56 bits per heavy atom. The molecule has 0 unspecified atom stereocenters. The zero-order valence-electron chi connectivity index (χ0n) is 10.7. The highest BCUT2D eigenvalue weighted by Crippen LogP contribution is 2.14. The van der Waals surface area contributed by atoms with Gasteiger partial charge in [0.1, 0.15) is 5.82 Å². The maximum absolute atomic E-state index is 11.8. The first-order valence-corrected chi connectivity index (χ1v) is 5.70. The first-order chi connectivity index (χ1) is 8.56. The molecule has 2 amide bonds. The summed E-state index contributed by atoms with van der Waals surface area (Å²) in [5.74, 6) is 0.665. The molecule has 2 rings (SSSR count). The number of carbonyl (C=O) groups is 1. The molecule has 0 bridgehead atoms. The second-order valence-corrected chi connectivity index (χ2v) is 4.19. The number of rotatable bonds is 2. The quantitative estimate of drug-likeness (QED) is 0.853. The van der Waals surface area contributed by atoms with Crippen LogP contribution in [-0.2, 0) is 7.05 Å². The summed E-state index contributed by atoms with van der Waals surface area (Å²) in [6, 6.07) is 9.18. The van der Waals surface area contributed by atoms with Crippen molar-refractivity contribution in [3.05, 3.63) is 41.6 Å². The van der Waals surface area contributed by atoms with Crippen molar-refractivity contribution in [1.29, 1.82) is 0 Å². The number of anilines is 2. The van der Waals surface area contributed by atoms with E-state index in [2.05, 4.69) is 15.7 Å². The number of nitrogens with one attached hydrogen (secondary N) is 2. The van der Waals surface area contributed by atoms with Crippen molar-refractivity contribution in [2.45, 2.75) is 13.8 Å². The van der Waals surface area contributed by atoms with Crippen LogP contribution in [0, 0.1) is 13.8 Å². The second-order valence-electron chi connectivity index (χ2n) is 4.19. The number of amides is 2. The highest BCUT2D eigenvalue weighted by Gasteiger charge is 2.07. The molecule has 0 spiro atoms. The number of benzene rings is 1. The van der Waals surface area contributed by atoms with Gasteiger partial charge < -0.3 is 5.32 Å². The monoisotopic (exact) mass is 244 g/mol. The molecule has 0 atom stereocenters. The van der Waals surface area contributed by atoms with Crippen LogP contribution in [0.3, 0.4) is 0 Å². The first-order valence-electron chi connectivity index (χ1n) is 5.70. The van der Waals surface area contributed by atoms with E-state index < -0.39 is 0 Å². The van der Waals surface area contributed by atoms with E-state index >= 15 is 0 Å². The standard InChI is InChI=1S/C13H16N4O/c1-9-6-4-5-7-11(9)14-13(18)15-12-8-10(2)16-17(12)3/h4-8H,1-3H3,(H2,14,15,18). The number of hydrogen-bond donors (Lipinski definition) is 2. The van der Waals surface area contributed by atoms with E-state index in [1.165, 1.54) is 0 Å². The molecule has 0 saturated heterocycles. The minimum absolute atomic E-state index is 0.271. The highest BCUT2D eigenvalue weighted by molar-refractivity contribution is 5.99. The summed E-state index contributed by atoms with van der Waals surface area (Å²) in [7, 11) is 1.79. The Balaban J connectivity index is 2.06. The summed E-state index contributed by atoms with van der Waals surface area (Å²) in [4.78, 5) is 11.8. The van der Waals surface area contributed by atoms with Gasteiger partial charge >= 0.3 is 6.03 Å². The van der Waals surface area contributed by atoms with E-state index in [0.29, 0.717) is 5.82 Å². The smallest absolute Gasteiger partial charge is 0.307 e. The van der Waals surface area contributed by atoms with E-state index in [4.69, 9.17) is 0 Å². The van der Waals surface area contributed by atoms with Crippen LogP contribution in [0.15, 0.2) is 30.3 Å². The van der Waals surface area contributed by atoms with Crippen molar-refractivity contribution in [3.8, 4) is 0 Å². The third-order valence-electron chi connectivity index (χ3n) is 2.64. The van der Waals surface area contributed by atoms with E-state index in [1.807, 2.05) is 44.2 Å². The summed E-state index contributed by atoms with van der Waals surface area (Å²) in [5, 5.41) is 9.72. The second kappa shape index (κ2) is 4.91. The number of aromatic nitrogens is 2. The van der Waals surface area contributed by atoms with Gasteiger partial charge in [0, 0.05) is 18.8 Å². The summed E-state index contributed by atoms with van der Waals surface area (Å²) in [6.45, 7) is 3.83. The van der Waals surface area contributed by atoms with Crippen LogP contribution >= 0.6 is 0 Å². The summed E-state index contributed by atoms with van der Waals surface area (Å²) >= 11 is 0. The van der Waals surface area contributed by atoms with Crippen LogP contribution in [0.1, 0.15) is 11.3 Å². The van der Waals surface area contributed by atoms with Gasteiger partial charge in [0.05, 0.1) is 5.69 Å². The van der Waals surface area contributed by atoms with Crippen LogP contribution < -0.4 is 10.6 Å². The lowest BCUT2D eigenvalue weighted by Crippen LogP contribution is -2.21. The van der Waals surface area contributed by atoms with Crippen LogP contribution in [0.4, 0.5) is 16.3 Å². The van der Waals surface area contributed by atoms with Gasteiger partial charge in [-0.25, -0.2) is 4.79 Å². The molecule has 5 heteroatoms. The molecule has 0 fully saturated rings. The zero-order valence-corrected chi connectivity index (χ0v) is 10.7. The molecular weight excluding hydrogens is 228 g/mol. The van der Waals surface area contributed by atoms with Crippen molar-refractivity contribution in [3.63, 3.8) is 0 Å². The number of nitrogens with zero attached hydrogens (tertiary/aromatic N) is 2. The summed E-state index contributed by atoms with van der Waals surface area (Å²) < 4.78 is 1.63. The molecule has 1 aromatic heterocycles. The van der Waals surface area contributed by atoms with Gasteiger partial charge in [-0.05, 0) is 25.5 Å². The molecule has 2 aromatic rings. The maximum Gasteiger partial charge on any atom is 0.324 e. The summed E-state index contributed by atoms with van der Waals surface area (Å²) in [6.07, 6.45) is 0. The lowest BCUT2D eigenvalue weighted by molar-refractivity contribution is 0.262. The van der Waals surface area contributed by atoms with E-state index in [9.17, 15) is 4.79 Å². The lowest BCUT2D eigenvalue weighted by Gasteiger charge is -2.09. The first kappa shape index (κ1) is 12.2. The van der Waals surface area contributed by atoms with Gasteiger partial charge in [0.25, 0.3) is 0 Å². The van der Waals surface area contributed by atoms with Gasteiger partial charge in [0.2, 0.25) is 0 Å². The van der Waals surface area contributed by atoms with Gasteiger partial charge in [-0.2, -0.15) is 5.10 Å². The van der Waals surface area contributed by atoms with E-state index in [1.54, 1.807) is 11.7 Å². The molecule has 0 saturated carbocycles. The molecule has 1 heterocycles. The highest BCUT2D eigenvalue weighted by atomic mass is 16.2. The average molecular weight is 244 g/mol. The van der Waals surface area contributed by atoms with Crippen molar-refractivity contribution < 1.29 is 4.79 Å². The number of hydrogen-bond acceptors (Lipinski definition) is 2. The molecule has 5 nitrogen and oxygen atoms in total. The minimum atomic E-state index is -0.271. The van der Waals surface area contributed by atoms with Crippen LogP contribution in [0.5, 0.6) is 0 Å². The van der Waals surface area contributed by atoms with Gasteiger partial charge in [-0.1, -0.05) is 18.2 Å². The summed E-state index contributed by atoms with van der Waals surface area (Å²) in [5.41, 5.74) is 2.69. The fourth-order valence-electron chi connectivity index (χ4n) is 1.71. The number of urea groups is 1.